The Balaban J connectivity index is 1.24. The molecule has 0 fully saturated rings. The van der Waals surface area contributed by atoms with Crippen LogP contribution in [-0.4, -0.2) is 60.3 Å². The van der Waals surface area contributed by atoms with Gasteiger partial charge in [-0.05, 0) is 71.0 Å². The number of fused-ring (bicyclic) bond motifs is 1. The van der Waals surface area contributed by atoms with Crippen molar-refractivity contribution < 1.29 is 9.59 Å². The van der Waals surface area contributed by atoms with Crippen LogP contribution in [0.3, 0.4) is 0 Å². The van der Waals surface area contributed by atoms with Gasteiger partial charge in [0.25, 0.3) is 5.91 Å². The van der Waals surface area contributed by atoms with Gasteiger partial charge in [-0.1, -0.05) is 103 Å². The first-order chi connectivity index (χ1) is 23.4. The quantitative estimate of drug-likeness (QED) is 0.141. The molecule has 0 unspecified atom stereocenters. The molecule has 0 saturated carbocycles. The molecule has 0 bridgehead atoms. The van der Waals surface area contributed by atoms with Crippen molar-refractivity contribution in [3.8, 4) is 11.1 Å². The van der Waals surface area contributed by atoms with Crippen molar-refractivity contribution in [3.05, 3.63) is 162 Å². The summed E-state index contributed by atoms with van der Waals surface area (Å²) in [6, 6.07) is 44.5. The van der Waals surface area contributed by atoms with E-state index < -0.39 is 0 Å². The van der Waals surface area contributed by atoms with Crippen LogP contribution in [-0.2, 0) is 24.2 Å². The van der Waals surface area contributed by atoms with E-state index in [2.05, 4.69) is 70.5 Å². The highest BCUT2D eigenvalue weighted by molar-refractivity contribution is 5.97. The molecule has 6 aromatic rings. The Kier molecular flexibility index (Phi) is 10.3. The minimum Gasteiger partial charge on any atom is -0.378 e. The molecule has 1 N–H and O–H groups in total. The first-order valence-electron chi connectivity index (χ1n) is 16.5. The first-order valence-corrected chi connectivity index (χ1v) is 16.5. The van der Waals surface area contributed by atoms with Crippen molar-refractivity contribution in [2.45, 2.75) is 19.4 Å². The zero-order valence-electron chi connectivity index (χ0n) is 27.7. The van der Waals surface area contributed by atoms with Crippen LogP contribution in [0.25, 0.3) is 22.0 Å². The summed E-state index contributed by atoms with van der Waals surface area (Å²) in [5, 5.41) is 1.17. The minimum atomic E-state index is -0.147. The van der Waals surface area contributed by atoms with E-state index in [0.717, 1.165) is 33.5 Å². The Morgan fingerprint density at radius 2 is 1.23 bits per heavy atom. The Morgan fingerprint density at radius 1 is 0.604 bits per heavy atom. The Hall–Kier alpha value is -5.62. The molecule has 0 radical (unpaired) electrons. The van der Waals surface area contributed by atoms with Gasteiger partial charge in [0.05, 0.1) is 0 Å². The molecule has 242 valence electrons. The van der Waals surface area contributed by atoms with E-state index >= 15 is 0 Å². The molecule has 0 saturated heterocycles. The lowest BCUT2D eigenvalue weighted by atomic mass is 10.0. The van der Waals surface area contributed by atoms with E-state index in [4.69, 9.17) is 0 Å². The van der Waals surface area contributed by atoms with Gasteiger partial charge >= 0.3 is 0 Å². The smallest absolute Gasteiger partial charge is 0.254 e. The molecule has 0 atom stereocenters. The number of aromatic nitrogens is 1. The van der Waals surface area contributed by atoms with Crippen LogP contribution in [0, 0.1) is 0 Å². The Labute approximate surface area is 283 Å². The molecular formula is C42H42N4O2. The molecule has 0 aliphatic carbocycles. The van der Waals surface area contributed by atoms with E-state index in [9.17, 15) is 9.59 Å². The Morgan fingerprint density at radius 3 is 1.94 bits per heavy atom. The van der Waals surface area contributed by atoms with Crippen molar-refractivity contribution in [2.75, 3.05) is 38.6 Å². The summed E-state index contributed by atoms with van der Waals surface area (Å²) in [4.78, 5) is 37.4. The first kappa shape index (κ1) is 32.3. The fourth-order valence-electron chi connectivity index (χ4n) is 6.05. The van der Waals surface area contributed by atoms with Crippen LogP contribution < -0.4 is 4.90 Å². The number of para-hydroxylation sites is 1. The third-order valence-electron chi connectivity index (χ3n) is 8.87. The zero-order chi connectivity index (χ0) is 33.3. The summed E-state index contributed by atoms with van der Waals surface area (Å²) in [7, 11) is 4.03. The summed E-state index contributed by atoms with van der Waals surface area (Å²) in [6.45, 7) is 1.42. The molecule has 6 rings (SSSR count). The number of benzene rings is 5. The maximum Gasteiger partial charge on any atom is 0.254 e. The van der Waals surface area contributed by atoms with Gasteiger partial charge in [0, 0.05) is 62.1 Å². The number of nitrogens with one attached hydrogen (secondary N) is 1. The highest BCUT2D eigenvalue weighted by Gasteiger charge is 2.23. The number of carbonyl (C=O) groups excluding carboxylic acids is 2. The molecule has 0 aliphatic heterocycles. The lowest BCUT2D eigenvalue weighted by Gasteiger charge is -2.28. The normalized spacial score (nSPS) is 11.0. The van der Waals surface area contributed by atoms with Crippen molar-refractivity contribution >= 4 is 28.4 Å². The van der Waals surface area contributed by atoms with Crippen LogP contribution in [0.5, 0.6) is 0 Å². The van der Waals surface area contributed by atoms with Crippen LogP contribution in [0.2, 0.25) is 0 Å². The second-order valence-electron chi connectivity index (χ2n) is 12.4. The van der Waals surface area contributed by atoms with E-state index in [0.29, 0.717) is 38.0 Å². The number of nitrogens with zero attached hydrogens (tertiary/aromatic N) is 3. The molecular weight excluding hydrogens is 592 g/mol. The lowest BCUT2D eigenvalue weighted by Crippen LogP contribution is -2.44. The average Bonchev–Trinajstić information content (AvgIpc) is 3.55. The number of amides is 2. The summed E-state index contributed by atoms with van der Waals surface area (Å²) >= 11 is 0. The van der Waals surface area contributed by atoms with Gasteiger partial charge in [-0.2, -0.15) is 0 Å². The summed E-state index contributed by atoms with van der Waals surface area (Å²) in [6.07, 6.45) is 3.39. The molecule has 6 heteroatoms. The second-order valence-corrected chi connectivity index (χ2v) is 12.4. The van der Waals surface area contributed by atoms with Gasteiger partial charge in [0.2, 0.25) is 5.91 Å². The zero-order valence-corrected chi connectivity index (χ0v) is 27.7. The maximum atomic E-state index is 14.3. The fourth-order valence-corrected chi connectivity index (χ4v) is 6.05. The standard InChI is InChI=1S/C42H42N4O2/c1-44(2)38-23-17-33(18-24-38)30-45(28-26-37-29-43-40-16-10-9-15-39(37)40)41(47)31-46(27-25-32-11-5-3-6-12-32)42(48)36-21-19-35(20-22-36)34-13-7-4-8-14-34/h3-24,29,43H,25-28,30-31H2,1-2H3. The number of carbonyl (C=O) groups is 2. The molecule has 1 heterocycles. The van der Waals surface area contributed by atoms with Crippen molar-refractivity contribution in [3.63, 3.8) is 0 Å². The van der Waals surface area contributed by atoms with E-state index in [1.54, 1.807) is 4.90 Å². The van der Waals surface area contributed by atoms with Gasteiger partial charge in [-0.25, -0.2) is 0 Å². The van der Waals surface area contributed by atoms with Gasteiger partial charge in [-0.3, -0.25) is 9.59 Å². The highest BCUT2D eigenvalue weighted by Crippen LogP contribution is 2.22. The van der Waals surface area contributed by atoms with Crippen LogP contribution in [0.4, 0.5) is 5.69 Å². The SMILES string of the molecule is CN(C)c1ccc(CN(CCc2c[nH]c3ccccc23)C(=O)CN(CCc2ccccc2)C(=O)c2ccc(-c3ccccc3)cc2)cc1. The van der Waals surface area contributed by atoms with Crippen molar-refractivity contribution in [2.24, 2.45) is 0 Å². The summed E-state index contributed by atoms with van der Waals surface area (Å²) in [5.74, 6) is -0.223. The number of hydrogen-bond acceptors (Lipinski definition) is 3. The fraction of sp³-hybridized carbons (Fsp3) is 0.190. The molecule has 0 aliphatic rings. The lowest BCUT2D eigenvalue weighted by molar-refractivity contribution is -0.132. The van der Waals surface area contributed by atoms with Gasteiger partial charge < -0.3 is 19.7 Å². The van der Waals surface area contributed by atoms with E-state index in [1.807, 2.05) is 98.0 Å². The van der Waals surface area contributed by atoms with Crippen LogP contribution in [0.1, 0.15) is 27.0 Å². The second kappa shape index (κ2) is 15.3. The number of hydrogen-bond donors (Lipinski definition) is 1. The van der Waals surface area contributed by atoms with E-state index in [-0.39, 0.29) is 18.4 Å². The van der Waals surface area contributed by atoms with Crippen LogP contribution >= 0.6 is 0 Å². The number of H-pyrrole nitrogens is 1. The van der Waals surface area contributed by atoms with Gasteiger partial charge in [0.15, 0.2) is 0 Å². The van der Waals surface area contributed by atoms with E-state index in [1.165, 1.54) is 10.9 Å². The third-order valence-corrected chi connectivity index (χ3v) is 8.87. The number of rotatable bonds is 13. The molecule has 48 heavy (non-hydrogen) atoms. The predicted octanol–water partition coefficient (Wildman–Crippen LogP) is 7.86. The average molecular weight is 635 g/mol. The number of anilines is 1. The Bertz CT molecular complexity index is 1930. The summed E-state index contributed by atoms with van der Waals surface area (Å²) < 4.78 is 0. The predicted molar refractivity (Wildman–Crippen MR) is 196 cm³/mol. The summed E-state index contributed by atoms with van der Waals surface area (Å²) in [5.41, 5.74) is 8.24. The van der Waals surface area contributed by atoms with Gasteiger partial charge in [0.1, 0.15) is 6.54 Å². The monoisotopic (exact) mass is 634 g/mol. The molecule has 5 aromatic carbocycles. The van der Waals surface area contributed by atoms with Crippen molar-refractivity contribution in [1.82, 2.24) is 14.8 Å². The number of aromatic amines is 1. The highest BCUT2D eigenvalue weighted by atomic mass is 16.2. The maximum absolute atomic E-state index is 14.3. The van der Waals surface area contributed by atoms with Crippen LogP contribution in [0.15, 0.2) is 140 Å². The molecule has 2 amide bonds. The van der Waals surface area contributed by atoms with Crippen molar-refractivity contribution in [1.29, 1.82) is 0 Å². The third kappa shape index (κ3) is 8.02. The van der Waals surface area contributed by atoms with Gasteiger partial charge in [-0.15, -0.1) is 0 Å². The molecule has 6 nitrogen and oxygen atoms in total. The largest absolute Gasteiger partial charge is 0.378 e. The minimum absolute atomic E-state index is 0.00420. The molecule has 0 spiro atoms. The topological polar surface area (TPSA) is 59.7 Å². The molecule has 1 aromatic heterocycles.